The van der Waals surface area contributed by atoms with Crippen molar-refractivity contribution in [2.75, 3.05) is 24.4 Å². The minimum atomic E-state index is -0.165. The summed E-state index contributed by atoms with van der Waals surface area (Å²) in [6.45, 7) is 0. The summed E-state index contributed by atoms with van der Waals surface area (Å²) < 4.78 is 5.08. The van der Waals surface area contributed by atoms with E-state index < -0.39 is 0 Å². The van der Waals surface area contributed by atoms with Crippen molar-refractivity contribution in [3.8, 4) is 5.75 Å². The van der Waals surface area contributed by atoms with Crippen molar-refractivity contribution < 1.29 is 9.53 Å². The van der Waals surface area contributed by atoms with Gasteiger partial charge in [-0.25, -0.2) is 0 Å². The van der Waals surface area contributed by atoms with Crippen molar-refractivity contribution in [3.63, 3.8) is 0 Å². The molecule has 104 valence electrons. The van der Waals surface area contributed by atoms with Crippen molar-refractivity contribution in [2.24, 2.45) is 0 Å². The Morgan fingerprint density at radius 3 is 2.45 bits per heavy atom. The van der Waals surface area contributed by atoms with Gasteiger partial charge in [-0.3, -0.25) is 4.79 Å². The molecular formula is C15H16N2O2S. The van der Waals surface area contributed by atoms with Crippen LogP contribution in [0.1, 0.15) is 10.4 Å². The Morgan fingerprint density at radius 2 is 1.90 bits per heavy atom. The first-order chi connectivity index (χ1) is 9.63. The fourth-order valence-corrected chi connectivity index (χ4v) is 2.17. The third-order valence-corrected chi connectivity index (χ3v) is 3.58. The first-order valence-corrected chi connectivity index (χ1v) is 7.25. The van der Waals surface area contributed by atoms with E-state index >= 15 is 0 Å². The van der Waals surface area contributed by atoms with Crippen molar-refractivity contribution >= 4 is 29.0 Å². The number of nitrogens with one attached hydrogen (secondary N) is 1. The molecule has 4 nitrogen and oxygen atoms in total. The number of carbonyl (C=O) groups excluding carboxylic acids is 1. The van der Waals surface area contributed by atoms with Crippen LogP contribution in [0.4, 0.5) is 11.4 Å². The summed E-state index contributed by atoms with van der Waals surface area (Å²) in [6.07, 6.45) is 2.00. The molecule has 0 heterocycles. The Kier molecular flexibility index (Phi) is 4.53. The lowest BCUT2D eigenvalue weighted by Gasteiger charge is -2.09. The van der Waals surface area contributed by atoms with E-state index in [1.165, 1.54) is 0 Å². The van der Waals surface area contributed by atoms with Crippen LogP contribution in [0.5, 0.6) is 5.75 Å². The van der Waals surface area contributed by atoms with Gasteiger partial charge in [0, 0.05) is 16.1 Å². The first kappa shape index (κ1) is 14.3. The monoisotopic (exact) mass is 288 g/mol. The van der Waals surface area contributed by atoms with Crippen LogP contribution in [0.25, 0.3) is 0 Å². The molecule has 0 unspecified atom stereocenters. The molecule has 5 heteroatoms. The van der Waals surface area contributed by atoms with Crippen LogP contribution in [0, 0.1) is 0 Å². The molecule has 0 bridgehead atoms. The van der Waals surface area contributed by atoms with Gasteiger partial charge in [0.2, 0.25) is 0 Å². The normalized spacial score (nSPS) is 10.1. The standard InChI is InChI=1S/C15H16N2O2S/c1-19-14-8-5-11(9-13(14)16)17-15(18)10-3-6-12(20-2)7-4-10/h3-9H,16H2,1-2H3,(H,17,18). The molecule has 0 aromatic heterocycles. The molecule has 0 saturated heterocycles. The van der Waals surface area contributed by atoms with E-state index in [0.29, 0.717) is 22.7 Å². The van der Waals surface area contributed by atoms with Crippen LogP contribution in [0.2, 0.25) is 0 Å². The zero-order chi connectivity index (χ0) is 14.5. The number of benzene rings is 2. The molecule has 1 amide bonds. The number of ether oxygens (including phenoxy) is 1. The van der Waals surface area contributed by atoms with Gasteiger partial charge in [-0.2, -0.15) is 0 Å². The zero-order valence-electron chi connectivity index (χ0n) is 11.3. The number of nitrogens with two attached hydrogens (primary N) is 1. The Labute approximate surface area is 122 Å². The molecule has 0 fully saturated rings. The van der Waals surface area contributed by atoms with Crippen molar-refractivity contribution in [3.05, 3.63) is 48.0 Å². The van der Waals surface area contributed by atoms with Crippen LogP contribution in [-0.4, -0.2) is 19.3 Å². The third kappa shape index (κ3) is 3.24. The van der Waals surface area contributed by atoms with Crippen LogP contribution in [0.15, 0.2) is 47.4 Å². The lowest BCUT2D eigenvalue weighted by Crippen LogP contribution is -2.12. The second-order valence-corrected chi connectivity index (χ2v) is 5.02. The molecule has 0 saturated carbocycles. The maximum absolute atomic E-state index is 12.1. The lowest BCUT2D eigenvalue weighted by atomic mass is 10.2. The van der Waals surface area contributed by atoms with Crippen LogP contribution in [-0.2, 0) is 0 Å². The summed E-state index contributed by atoms with van der Waals surface area (Å²) >= 11 is 1.64. The molecular weight excluding hydrogens is 272 g/mol. The van der Waals surface area contributed by atoms with Crippen LogP contribution >= 0.6 is 11.8 Å². The van der Waals surface area contributed by atoms with E-state index in [4.69, 9.17) is 10.5 Å². The molecule has 2 aromatic carbocycles. The number of rotatable bonds is 4. The molecule has 0 spiro atoms. The van der Waals surface area contributed by atoms with Gasteiger partial charge in [0.05, 0.1) is 12.8 Å². The van der Waals surface area contributed by atoms with Gasteiger partial charge in [-0.1, -0.05) is 0 Å². The van der Waals surface area contributed by atoms with Crippen molar-refractivity contribution in [1.29, 1.82) is 0 Å². The quantitative estimate of drug-likeness (QED) is 0.669. The maximum Gasteiger partial charge on any atom is 0.255 e. The van der Waals surface area contributed by atoms with E-state index in [9.17, 15) is 4.79 Å². The number of thioether (sulfide) groups is 1. The molecule has 2 rings (SSSR count). The van der Waals surface area contributed by atoms with E-state index in [0.717, 1.165) is 4.90 Å². The molecule has 0 aliphatic rings. The second-order valence-electron chi connectivity index (χ2n) is 4.14. The second kappa shape index (κ2) is 6.34. The number of anilines is 2. The summed E-state index contributed by atoms with van der Waals surface area (Å²) in [5, 5.41) is 2.81. The van der Waals surface area contributed by atoms with Gasteiger partial charge >= 0.3 is 0 Å². The highest BCUT2D eigenvalue weighted by molar-refractivity contribution is 7.98. The topological polar surface area (TPSA) is 64.3 Å². The highest BCUT2D eigenvalue weighted by atomic mass is 32.2. The minimum Gasteiger partial charge on any atom is -0.495 e. The molecule has 0 radical (unpaired) electrons. The number of hydrogen-bond donors (Lipinski definition) is 2. The molecule has 0 aliphatic heterocycles. The fourth-order valence-electron chi connectivity index (χ4n) is 1.76. The number of carbonyl (C=O) groups is 1. The van der Waals surface area contributed by atoms with E-state index in [2.05, 4.69) is 5.32 Å². The molecule has 3 N–H and O–H groups in total. The molecule has 0 atom stereocenters. The molecule has 2 aromatic rings. The molecule has 20 heavy (non-hydrogen) atoms. The van der Waals surface area contributed by atoms with Crippen LogP contribution < -0.4 is 15.8 Å². The number of amides is 1. The Hall–Kier alpha value is -2.14. The largest absolute Gasteiger partial charge is 0.495 e. The summed E-state index contributed by atoms with van der Waals surface area (Å²) in [6, 6.07) is 12.6. The predicted molar refractivity (Wildman–Crippen MR) is 83.6 cm³/mol. The zero-order valence-corrected chi connectivity index (χ0v) is 12.2. The molecule has 0 aliphatic carbocycles. The fraction of sp³-hybridized carbons (Fsp3) is 0.133. The number of hydrogen-bond acceptors (Lipinski definition) is 4. The van der Waals surface area contributed by atoms with Gasteiger partial charge in [-0.05, 0) is 48.7 Å². The number of methoxy groups -OCH3 is 1. The third-order valence-electron chi connectivity index (χ3n) is 2.84. The average Bonchev–Trinajstić information content (AvgIpc) is 2.47. The first-order valence-electron chi connectivity index (χ1n) is 6.03. The van der Waals surface area contributed by atoms with E-state index in [1.807, 2.05) is 18.4 Å². The highest BCUT2D eigenvalue weighted by Crippen LogP contribution is 2.25. The smallest absolute Gasteiger partial charge is 0.255 e. The summed E-state index contributed by atoms with van der Waals surface area (Å²) in [4.78, 5) is 13.2. The van der Waals surface area contributed by atoms with Crippen molar-refractivity contribution in [1.82, 2.24) is 0 Å². The summed E-state index contributed by atoms with van der Waals surface area (Å²) in [7, 11) is 1.55. The van der Waals surface area contributed by atoms with E-state index in [1.54, 1.807) is 49.2 Å². The van der Waals surface area contributed by atoms with E-state index in [-0.39, 0.29) is 5.91 Å². The Morgan fingerprint density at radius 1 is 1.20 bits per heavy atom. The SMILES string of the molecule is COc1ccc(NC(=O)c2ccc(SC)cc2)cc1N. The van der Waals surface area contributed by atoms with Gasteiger partial charge in [0.15, 0.2) is 0 Å². The van der Waals surface area contributed by atoms with Crippen LogP contribution in [0.3, 0.4) is 0 Å². The minimum absolute atomic E-state index is 0.165. The van der Waals surface area contributed by atoms with Gasteiger partial charge in [0.25, 0.3) is 5.91 Å². The maximum atomic E-state index is 12.1. The van der Waals surface area contributed by atoms with Gasteiger partial charge < -0.3 is 15.8 Å². The predicted octanol–water partition coefficient (Wildman–Crippen LogP) is 3.25. The lowest BCUT2D eigenvalue weighted by molar-refractivity contribution is 0.102. The Bertz CT molecular complexity index is 612. The van der Waals surface area contributed by atoms with Crippen molar-refractivity contribution in [2.45, 2.75) is 4.90 Å². The van der Waals surface area contributed by atoms with Gasteiger partial charge in [0.1, 0.15) is 5.75 Å². The summed E-state index contributed by atoms with van der Waals surface area (Å²) in [5.41, 5.74) is 7.54. The number of nitrogen functional groups attached to an aromatic ring is 1. The van der Waals surface area contributed by atoms with Gasteiger partial charge in [-0.15, -0.1) is 11.8 Å². The average molecular weight is 288 g/mol. The summed E-state index contributed by atoms with van der Waals surface area (Å²) in [5.74, 6) is 0.426. The Balaban J connectivity index is 2.12. The highest BCUT2D eigenvalue weighted by Gasteiger charge is 2.07.